The van der Waals surface area contributed by atoms with Gasteiger partial charge >= 0.3 is 0 Å². The van der Waals surface area contributed by atoms with E-state index in [0.717, 1.165) is 29.2 Å². The molecule has 1 saturated heterocycles. The second-order valence-corrected chi connectivity index (χ2v) is 4.77. The molecule has 1 aliphatic rings. The zero-order valence-corrected chi connectivity index (χ0v) is 11.2. The molecule has 2 heterocycles. The molecule has 1 unspecified atom stereocenters. The van der Waals surface area contributed by atoms with E-state index >= 15 is 0 Å². The lowest BCUT2D eigenvalue weighted by Crippen LogP contribution is -2.44. The van der Waals surface area contributed by atoms with Crippen LogP contribution in [0.25, 0.3) is 0 Å². The maximum atomic E-state index is 7.75. The molecule has 1 atom stereocenters. The number of nitrogen functional groups attached to an aromatic ring is 1. The van der Waals surface area contributed by atoms with Crippen molar-refractivity contribution in [2.45, 2.75) is 26.8 Å². The molecule has 18 heavy (non-hydrogen) atoms. The van der Waals surface area contributed by atoms with Crippen molar-refractivity contribution in [2.24, 2.45) is 5.73 Å². The largest absolute Gasteiger partial charge is 0.384 e. The van der Waals surface area contributed by atoms with E-state index in [1.165, 1.54) is 0 Å². The van der Waals surface area contributed by atoms with E-state index in [1.54, 1.807) is 0 Å². The molecule has 0 aliphatic carbocycles. The van der Waals surface area contributed by atoms with Gasteiger partial charge in [-0.3, -0.25) is 10.4 Å². The summed E-state index contributed by atoms with van der Waals surface area (Å²) >= 11 is 0. The molecule has 98 valence electrons. The molecule has 3 N–H and O–H groups in total. The number of pyridine rings is 1. The number of morpholine rings is 1. The van der Waals surface area contributed by atoms with Crippen molar-refractivity contribution < 1.29 is 4.74 Å². The summed E-state index contributed by atoms with van der Waals surface area (Å²) in [5, 5.41) is 7.75. The van der Waals surface area contributed by atoms with Crippen LogP contribution >= 0.6 is 0 Å². The molecule has 1 aromatic heterocycles. The zero-order chi connectivity index (χ0) is 13.3. The first-order valence-corrected chi connectivity index (χ1v) is 6.17. The Hall–Kier alpha value is -1.62. The van der Waals surface area contributed by atoms with E-state index in [1.807, 2.05) is 19.9 Å². The van der Waals surface area contributed by atoms with Gasteiger partial charge in [0.05, 0.1) is 30.2 Å². The molecular formula is C13H20N4O. The summed E-state index contributed by atoms with van der Waals surface area (Å²) in [7, 11) is 0. The van der Waals surface area contributed by atoms with Gasteiger partial charge in [-0.25, -0.2) is 0 Å². The summed E-state index contributed by atoms with van der Waals surface area (Å²) in [6, 6.07) is 2.30. The first-order chi connectivity index (χ1) is 8.50. The van der Waals surface area contributed by atoms with Crippen molar-refractivity contribution in [1.29, 1.82) is 5.41 Å². The number of nitrogens with zero attached hydrogens (tertiary/aromatic N) is 2. The van der Waals surface area contributed by atoms with Gasteiger partial charge in [0.15, 0.2) is 0 Å². The highest BCUT2D eigenvalue weighted by atomic mass is 16.5. The second-order valence-electron chi connectivity index (χ2n) is 4.77. The minimum absolute atomic E-state index is 0.0775. The van der Waals surface area contributed by atoms with Gasteiger partial charge in [-0.1, -0.05) is 0 Å². The molecule has 2 rings (SSSR count). The average molecular weight is 248 g/mol. The Labute approximate surface area is 107 Å². The maximum Gasteiger partial charge on any atom is 0.126 e. The van der Waals surface area contributed by atoms with Crippen LogP contribution in [0.5, 0.6) is 0 Å². The Morgan fingerprint density at radius 1 is 1.56 bits per heavy atom. The summed E-state index contributed by atoms with van der Waals surface area (Å²) in [4.78, 5) is 6.65. The number of aryl methyl sites for hydroxylation is 2. The number of ether oxygens (including phenoxy) is 1. The Kier molecular flexibility index (Phi) is 3.52. The summed E-state index contributed by atoms with van der Waals surface area (Å²) < 4.78 is 5.45. The van der Waals surface area contributed by atoms with Gasteiger partial charge in [-0.2, -0.15) is 0 Å². The number of aromatic nitrogens is 1. The van der Waals surface area contributed by atoms with Crippen LogP contribution in [0, 0.1) is 19.3 Å². The number of nitrogens with two attached hydrogens (primary N) is 1. The van der Waals surface area contributed by atoms with Crippen LogP contribution in [0.1, 0.15) is 23.9 Å². The third kappa shape index (κ3) is 2.31. The lowest BCUT2D eigenvalue weighted by atomic mass is 10.1. The highest BCUT2D eigenvalue weighted by Crippen LogP contribution is 2.26. The van der Waals surface area contributed by atoms with E-state index in [0.29, 0.717) is 13.2 Å². The van der Waals surface area contributed by atoms with Crippen LogP contribution < -0.4 is 10.6 Å². The third-order valence-electron chi connectivity index (χ3n) is 3.25. The van der Waals surface area contributed by atoms with Gasteiger partial charge in [0, 0.05) is 18.3 Å². The molecule has 0 aromatic carbocycles. The fraction of sp³-hybridized carbons (Fsp3) is 0.538. The molecule has 0 radical (unpaired) electrons. The van der Waals surface area contributed by atoms with Crippen molar-refractivity contribution >= 4 is 11.5 Å². The predicted octanol–water partition coefficient (Wildman–Crippen LogP) is 1.21. The standard InChI is InChI=1S/C13H20N4O/c1-8-6-11(12(13(14)15)10(3)16-8)17-4-5-18-7-9(17)2/h6,9H,4-5,7H2,1-3H3,(H3,14,15). The highest BCUT2D eigenvalue weighted by molar-refractivity contribution is 6.01. The molecular weight excluding hydrogens is 228 g/mol. The minimum atomic E-state index is 0.0775. The summed E-state index contributed by atoms with van der Waals surface area (Å²) in [6.45, 7) is 8.22. The van der Waals surface area contributed by atoms with Crippen LogP contribution in [0.3, 0.4) is 0 Å². The van der Waals surface area contributed by atoms with Crippen molar-refractivity contribution in [1.82, 2.24) is 4.98 Å². The van der Waals surface area contributed by atoms with Crippen LogP contribution in [0.2, 0.25) is 0 Å². The number of rotatable bonds is 2. The lowest BCUT2D eigenvalue weighted by Gasteiger charge is -2.36. The van der Waals surface area contributed by atoms with Gasteiger partial charge in [0.25, 0.3) is 0 Å². The molecule has 5 heteroatoms. The fourth-order valence-corrected chi connectivity index (χ4v) is 2.45. The number of nitrogens with one attached hydrogen (secondary N) is 1. The molecule has 0 spiro atoms. The Balaban J connectivity index is 2.50. The Bertz CT molecular complexity index is 472. The zero-order valence-electron chi connectivity index (χ0n) is 11.2. The molecule has 1 aliphatic heterocycles. The fourth-order valence-electron chi connectivity index (χ4n) is 2.45. The second kappa shape index (κ2) is 4.94. The van der Waals surface area contributed by atoms with Gasteiger partial charge in [-0.05, 0) is 26.8 Å². The van der Waals surface area contributed by atoms with Gasteiger partial charge < -0.3 is 15.4 Å². The molecule has 1 fully saturated rings. The quantitative estimate of drug-likeness (QED) is 0.609. The third-order valence-corrected chi connectivity index (χ3v) is 3.25. The smallest absolute Gasteiger partial charge is 0.126 e. The lowest BCUT2D eigenvalue weighted by molar-refractivity contribution is 0.0989. The number of amidine groups is 1. The number of anilines is 1. The molecule has 1 aromatic rings. The number of hydrogen-bond donors (Lipinski definition) is 2. The Morgan fingerprint density at radius 2 is 2.28 bits per heavy atom. The highest BCUT2D eigenvalue weighted by Gasteiger charge is 2.23. The summed E-state index contributed by atoms with van der Waals surface area (Å²) in [5.74, 6) is 0.0775. The predicted molar refractivity (Wildman–Crippen MR) is 72.4 cm³/mol. The van der Waals surface area contributed by atoms with E-state index in [9.17, 15) is 0 Å². The first kappa shape index (κ1) is 12.8. The summed E-state index contributed by atoms with van der Waals surface area (Å²) in [5.41, 5.74) is 9.22. The minimum Gasteiger partial charge on any atom is -0.384 e. The van der Waals surface area contributed by atoms with Crippen molar-refractivity contribution in [3.05, 3.63) is 23.0 Å². The normalized spacial score (nSPS) is 19.9. The van der Waals surface area contributed by atoms with Gasteiger partial charge in [0.2, 0.25) is 0 Å². The van der Waals surface area contributed by atoms with Gasteiger partial charge in [-0.15, -0.1) is 0 Å². The van der Waals surface area contributed by atoms with Gasteiger partial charge in [0.1, 0.15) is 5.84 Å². The molecule has 0 saturated carbocycles. The molecule has 0 amide bonds. The van der Waals surface area contributed by atoms with Crippen LogP contribution in [0.15, 0.2) is 6.07 Å². The van der Waals surface area contributed by atoms with E-state index in [2.05, 4.69) is 16.8 Å². The maximum absolute atomic E-state index is 7.75. The first-order valence-electron chi connectivity index (χ1n) is 6.17. The van der Waals surface area contributed by atoms with Crippen LogP contribution in [-0.4, -0.2) is 36.6 Å². The average Bonchev–Trinajstić information content (AvgIpc) is 2.27. The SMILES string of the molecule is Cc1cc(N2CCOCC2C)c(C(=N)N)c(C)n1. The Morgan fingerprint density at radius 3 is 2.89 bits per heavy atom. The van der Waals surface area contributed by atoms with Crippen molar-refractivity contribution in [3.8, 4) is 0 Å². The van der Waals surface area contributed by atoms with E-state index in [4.69, 9.17) is 15.9 Å². The van der Waals surface area contributed by atoms with Crippen molar-refractivity contribution in [2.75, 3.05) is 24.7 Å². The monoisotopic (exact) mass is 248 g/mol. The van der Waals surface area contributed by atoms with Crippen LogP contribution in [0.4, 0.5) is 5.69 Å². The van der Waals surface area contributed by atoms with Crippen molar-refractivity contribution in [3.63, 3.8) is 0 Å². The molecule has 5 nitrogen and oxygen atoms in total. The van der Waals surface area contributed by atoms with E-state index in [-0.39, 0.29) is 11.9 Å². The summed E-state index contributed by atoms with van der Waals surface area (Å²) in [6.07, 6.45) is 0. The van der Waals surface area contributed by atoms with E-state index < -0.39 is 0 Å². The van der Waals surface area contributed by atoms with Crippen LogP contribution in [-0.2, 0) is 4.74 Å². The number of hydrogen-bond acceptors (Lipinski definition) is 4. The molecule has 0 bridgehead atoms. The topological polar surface area (TPSA) is 75.2 Å².